The van der Waals surface area contributed by atoms with Gasteiger partial charge in [0.1, 0.15) is 0 Å². The van der Waals surface area contributed by atoms with E-state index in [4.69, 9.17) is 4.74 Å². The molecule has 1 aliphatic rings. The minimum atomic E-state index is 0.0609. The third-order valence-corrected chi connectivity index (χ3v) is 3.74. The van der Waals surface area contributed by atoms with Gasteiger partial charge in [0.25, 0.3) is 5.91 Å². The first-order chi connectivity index (χ1) is 9.61. The normalized spacial score (nSPS) is 17.1. The number of rotatable bonds is 3. The molecule has 2 heterocycles. The van der Waals surface area contributed by atoms with Crippen LogP contribution in [-0.4, -0.2) is 60.0 Å². The monoisotopic (exact) mass is 277 g/mol. The van der Waals surface area contributed by atoms with Crippen molar-refractivity contribution in [2.75, 3.05) is 33.3 Å². The average Bonchev–Trinajstić information content (AvgIpc) is 2.72. The van der Waals surface area contributed by atoms with Gasteiger partial charge in [-0.15, -0.1) is 0 Å². The molecule has 5 nitrogen and oxygen atoms in total. The molecule has 0 radical (unpaired) electrons. The highest BCUT2D eigenvalue weighted by molar-refractivity contribution is 5.94. The number of carbonyl (C=O) groups is 1. The zero-order valence-electron chi connectivity index (χ0n) is 12.5. The van der Waals surface area contributed by atoms with Crippen LogP contribution < -0.4 is 4.74 Å². The standard InChI is InChI=1S/C15H23N3O2/c1-12(2)17-7-4-8-18(10-9-17)15(19)13-5-6-14(20-3)16-11-13/h5-6,11-12H,4,7-10H2,1-3H3. The lowest BCUT2D eigenvalue weighted by molar-refractivity contribution is 0.0758. The number of ether oxygens (including phenoxy) is 1. The molecule has 0 bridgehead atoms. The molecule has 1 saturated heterocycles. The fourth-order valence-corrected chi connectivity index (χ4v) is 2.47. The van der Waals surface area contributed by atoms with Gasteiger partial charge in [-0.3, -0.25) is 9.69 Å². The molecule has 1 aromatic heterocycles. The highest BCUT2D eigenvalue weighted by Gasteiger charge is 2.21. The highest BCUT2D eigenvalue weighted by Crippen LogP contribution is 2.12. The molecule has 0 atom stereocenters. The van der Waals surface area contributed by atoms with Crippen LogP contribution in [-0.2, 0) is 0 Å². The van der Waals surface area contributed by atoms with E-state index in [1.807, 2.05) is 4.90 Å². The van der Waals surface area contributed by atoms with Crippen molar-refractivity contribution >= 4 is 5.91 Å². The molecule has 0 aliphatic carbocycles. The number of carbonyl (C=O) groups excluding carboxylic acids is 1. The molecular weight excluding hydrogens is 254 g/mol. The lowest BCUT2D eigenvalue weighted by Gasteiger charge is -2.24. The summed E-state index contributed by atoms with van der Waals surface area (Å²) in [6, 6.07) is 4.04. The maximum Gasteiger partial charge on any atom is 0.255 e. The van der Waals surface area contributed by atoms with Crippen molar-refractivity contribution < 1.29 is 9.53 Å². The maximum atomic E-state index is 12.5. The summed E-state index contributed by atoms with van der Waals surface area (Å²) in [4.78, 5) is 20.9. The summed E-state index contributed by atoms with van der Waals surface area (Å²) in [5, 5.41) is 0. The van der Waals surface area contributed by atoms with Crippen LogP contribution in [0.25, 0.3) is 0 Å². The van der Waals surface area contributed by atoms with E-state index in [1.165, 1.54) is 0 Å². The van der Waals surface area contributed by atoms with E-state index in [-0.39, 0.29) is 5.91 Å². The zero-order valence-corrected chi connectivity index (χ0v) is 12.5. The Labute approximate surface area is 120 Å². The quantitative estimate of drug-likeness (QED) is 0.842. The Kier molecular flexibility index (Phi) is 4.95. The van der Waals surface area contributed by atoms with Crippen LogP contribution in [0.2, 0.25) is 0 Å². The Morgan fingerprint density at radius 3 is 2.65 bits per heavy atom. The summed E-state index contributed by atoms with van der Waals surface area (Å²) >= 11 is 0. The van der Waals surface area contributed by atoms with Crippen LogP contribution in [0.3, 0.4) is 0 Å². The summed E-state index contributed by atoms with van der Waals surface area (Å²) in [6.07, 6.45) is 2.61. The van der Waals surface area contributed by atoms with Crippen molar-refractivity contribution in [3.8, 4) is 5.88 Å². The molecule has 1 fully saturated rings. The smallest absolute Gasteiger partial charge is 0.255 e. The first-order valence-electron chi connectivity index (χ1n) is 7.15. The van der Waals surface area contributed by atoms with E-state index < -0.39 is 0 Å². The molecule has 0 saturated carbocycles. The first kappa shape index (κ1) is 14.8. The van der Waals surface area contributed by atoms with Gasteiger partial charge in [-0.1, -0.05) is 0 Å². The topological polar surface area (TPSA) is 45.7 Å². The van der Waals surface area contributed by atoms with Crippen molar-refractivity contribution in [2.24, 2.45) is 0 Å². The van der Waals surface area contributed by atoms with Crippen molar-refractivity contribution in [1.82, 2.24) is 14.8 Å². The molecule has 2 rings (SSSR count). The van der Waals surface area contributed by atoms with Crippen LogP contribution in [0.5, 0.6) is 5.88 Å². The van der Waals surface area contributed by atoms with E-state index in [2.05, 4.69) is 23.7 Å². The van der Waals surface area contributed by atoms with Gasteiger partial charge in [0, 0.05) is 44.5 Å². The van der Waals surface area contributed by atoms with Crippen molar-refractivity contribution in [3.63, 3.8) is 0 Å². The fourth-order valence-electron chi connectivity index (χ4n) is 2.47. The minimum absolute atomic E-state index is 0.0609. The number of methoxy groups -OCH3 is 1. The zero-order chi connectivity index (χ0) is 14.5. The van der Waals surface area contributed by atoms with Gasteiger partial charge in [-0.25, -0.2) is 4.98 Å². The van der Waals surface area contributed by atoms with Crippen LogP contribution >= 0.6 is 0 Å². The molecule has 1 aromatic rings. The highest BCUT2D eigenvalue weighted by atomic mass is 16.5. The van der Waals surface area contributed by atoms with Crippen molar-refractivity contribution in [2.45, 2.75) is 26.3 Å². The SMILES string of the molecule is COc1ccc(C(=O)N2CCCN(C(C)C)CC2)cn1. The van der Waals surface area contributed by atoms with Crippen LogP contribution in [0.1, 0.15) is 30.6 Å². The number of hydrogen-bond acceptors (Lipinski definition) is 4. The van der Waals surface area contributed by atoms with E-state index in [1.54, 1.807) is 25.4 Å². The van der Waals surface area contributed by atoms with Gasteiger partial charge in [0.05, 0.1) is 12.7 Å². The largest absolute Gasteiger partial charge is 0.481 e. The molecule has 1 aliphatic heterocycles. The molecule has 110 valence electrons. The van der Waals surface area contributed by atoms with E-state index in [9.17, 15) is 4.79 Å². The third-order valence-electron chi connectivity index (χ3n) is 3.74. The molecule has 0 unspecified atom stereocenters. The van der Waals surface area contributed by atoms with Gasteiger partial charge in [-0.05, 0) is 26.3 Å². The number of aromatic nitrogens is 1. The predicted molar refractivity (Wildman–Crippen MR) is 78.0 cm³/mol. The average molecular weight is 277 g/mol. The van der Waals surface area contributed by atoms with Crippen LogP contribution in [0.4, 0.5) is 0 Å². The lowest BCUT2D eigenvalue weighted by Crippen LogP contribution is -2.37. The second-order valence-corrected chi connectivity index (χ2v) is 5.36. The number of hydrogen-bond donors (Lipinski definition) is 0. The lowest BCUT2D eigenvalue weighted by atomic mass is 10.2. The van der Waals surface area contributed by atoms with Gasteiger partial charge in [0.15, 0.2) is 0 Å². The van der Waals surface area contributed by atoms with Crippen molar-refractivity contribution in [3.05, 3.63) is 23.9 Å². The molecule has 0 spiro atoms. The number of pyridine rings is 1. The molecule has 5 heteroatoms. The molecule has 0 aromatic carbocycles. The summed E-state index contributed by atoms with van der Waals surface area (Å²) in [5.74, 6) is 0.592. The summed E-state index contributed by atoms with van der Waals surface area (Å²) < 4.78 is 5.01. The first-order valence-corrected chi connectivity index (χ1v) is 7.15. The minimum Gasteiger partial charge on any atom is -0.481 e. The third kappa shape index (κ3) is 3.48. The summed E-state index contributed by atoms with van der Waals surface area (Å²) in [7, 11) is 1.57. The second kappa shape index (κ2) is 6.70. The van der Waals surface area contributed by atoms with E-state index >= 15 is 0 Å². The number of nitrogens with zero attached hydrogens (tertiary/aromatic N) is 3. The second-order valence-electron chi connectivity index (χ2n) is 5.36. The van der Waals surface area contributed by atoms with Gasteiger partial charge in [0.2, 0.25) is 5.88 Å². The van der Waals surface area contributed by atoms with Crippen molar-refractivity contribution in [1.29, 1.82) is 0 Å². The Hall–Kier alpha value is -1.62. The van der Waals surface area contributed by atoms with Crippen LogP contribution in [0.15, 0.2) is 18.3 Å². The molecular formula is C15H23N3O2. The summed E-state index contributed by atoms with van der Waals surface area (Å²) in [6.45, 7) is 7.99. The summed E-state index contributed by atoms with van der Waals surface area (Å²) in [5.41, 5.74) is 0.629. The maximum absolute atomic E-state index is 12.5. The number of amides is 1. The van der Waals surface area contributed by atoms with E-state index in [0.29, 0.717) is 17.5 Å². The predicted octanol–water partition coefficient (Wildman–Crippen LogP) is 1.65. The fraction of sp³-hybridized carbons (Fsp3) is 0.600. The molecule has 20 heavy (non-hydrogen) atoms. The Morgan fingerprint density at radius 2 is 2.05 bits per heavy atom. The van der Waals surface area contributed by atoms with Gasteiger partial charge in [-0.2, -0.15) is 0 Å². The van der Waals surface area contributed by atoms with Gasteiger partial charge >= 0.3 is 0 Å². The molecule has 0 N–H and O–H groups in total. The van der Waals surface area contributed by atoms with E-state index in [0.717, 1.165) is 32.6 Å². The Bertz CT molecular complexity index is 445. The van der Waals surface area contributed by atoms with Crippen LogP contribution in [0, 0.1) is 0 Å². The Balaban J connectivity index is 2.01. The molecule has 1 amide bonds. The van der Waals surface area contributed by atoms with Gasteiger partial charge < -0.3 is 9.64 Å². The Morgan fingerprint density at radius 1 is 1.25 bits per heavy atom.